The summed E-state index contributed by atoms with van der Waals surface area (Å²) in [6.45, 7) is 4.05. The third-order valence-electron chi connectivity index (χ3n) is 2.23. The number of aryl methyl sites for hydroxylation is 2. The predicted octanol–water partition coefficient (Wildman–Crippen LogP) is 3.82. The van der Waals surface area contributed by atoms with Crippen LogP contribution in [0.3, 0.4) is 0 Å². The molecule has 0 spiro atoms. The number of aromatic nitrogens is 1. The smallest absolute Gasteiger partial charge is 0.123 e. The van der Waals surface area contributed by atoms with Crippen molar-refractivity contribution >= 4 is 11.3 Å². The summed E-state index contributed by atoms with van der Waals surface area (Å²) >= 11 is 1.62. The fourth-order valence-electron chi connectivity index (χ4n) is 1.57. The summed E-state index contributed by atoms with van der Waals surface area (Å²) in [5.41, 5.74) is 1.99. The van der Waals surface area contributed by atoms with Gasteiger partial charge >= 0.3 is 0 Å². The Morgan fingerprint density at radius 3 is 2.87 bits per heavy atom. The molecule has 0 fully saturated rings. The number of nitrogens with zero attached hydrogens (tertiary/aromatic N) is 1. The van der Waals surface area contributed by atoms with Gasteiger partial charge in [0.05, 0.1) is 15.6 Å². The molecule has 1 aromatic heterocycles. The number of thiazole rings is 1. The molecule has 0 saturated heterocycles. The quantitative estimate of drug-likeness (QED) is 0.751. The molecular weight excluding hydrogens is 209 g/mol. The van der Waals surface area contributed by atoms with E-state index in [0.29, 0.717) is 0 Å². The van der Waals surface area contributed by atoms with Crippen LogP contribution >= 0.6 is 11.3 Å². The second-order valence-corrected chi connectivity index (χ2v) is 4.58. The Bertz CT molecular complexity index is 476. The van der Waals surface area contributed by atoms with E-state index in [9.17, 15) is 4.39 Å². The average molecular weight is 221 g/mol. The van der Waals surface area contributed by atoms with Crippen molar-refractivity contribution in [1.29, 1.82) is 0 Å². The zero-order valence-corrected chi connectivity index (χ0v) is 9.57. The lowest BCUT2D eigenvalue weighted by Crippen LogP contribution is -1.84. The number of hydrogen-bond acceptors (Lipinski definition) is 2. The van der Waals surface area contributed by atoms with E-state index in [0.717, 1.165) is 27.6 Å². The minimum Gasteiger partial charge on any atom is -0.246 e. The van der Waals surface area contributed by atoms with E-state index in [2.05, 4.69) is 11.9 Å². The fourth-order valence-corrected chi connectivity index (χ4v) is 2.57. The lowest BCUT2D eigenvalue weighted by atomic mass is 10.1. The maximum atomic E-state index is 13.1. The second kappa shape index (κ2) is 4.11. The van der Waals surface area contributed by atoms with Crippen LogP contribution in [0.1, 0.15) is 17.6 Å². The lowest BCUT2D eigenvalue weighted by molar-refractivity contribution is 0.628. The standard InChI is InChI=1S/C12H12FNS/c1-3-11-12(15-8(2)14-11)9-5-4-6-10(13)7-9/h4-7H,3H2,1-2H3. The number of halogens is 1. The zero-order valence-electron chi connectivity index (χ0n) is 8.75. The van der Waals surface area contributed by atoms with Gasteiger partial charge in [-0.2, -0.15) is 0 Å². The van der Waals surface area contributed by atoms with Crippen molar-refractivity contribution in [2.45, 2.75) is 20.3 Å². The first kappa shape index (κ1) is 10.3. The van der Waals surface area contributed by atoms with Gasteiger partial charge in [0.25, 0.3) is 0 Å². The van der Waals surface area contributed by atoms with Crippen LogP contribution in [0, 0.1) is 12.7 Å². The molecule has 0 atom stereocenters. The van der Waals surface area contributed by atoms with E-state index >= 15 is 0 Å². The molecule has 0 aliphatic rings. The van der Waals surface area contributed by atoms with E-state index < -0.39 is 0 Å². The summed E-state index contributed by atoms with van der Waals surface area (Å²) in [5.74, 6) is -0.194. The third kappa shape index (κ3) is 2.07. The largest absolute Gasteiger partial charge is 0.246 e. The molecule has 0 bridgehead atoms. The molecule has 15 heavy (non-hydrogen) atoms. The van der Waals surface area contributed by atoms with Crippen molar-refractivity contribution in [1.82, 2.24) is 4.98 Å². The molecule has 1 nitrogen and oxygen atoms in total. The van der Waals surface area contributed by atoms with Crippen molar-refractivity contribution in [2.24, 2.45) is 0 Å². The van der Waals surface area contributed by atoms with Crippen molar-refractivity contribution in [3.8, 4) is 10.4 Å². The van der Waals surface area contributed by atoms with Gasteiger partial charge in [-0.3, -0.25) is 0 Å². The van der Waals surface area contributed by atoms with Gasteiger partial charge in [0.15, 0.2) is 0 Å². The predicted molar refractivity (Wildman–Crippen MR) is 61.6 cm³/mol. The van der Waals surface area contributed by atoms with Crippen LogP contribution in [0.15, 0.2) is 24.3 Å². The SMILES string of the molecule is CCc1nc(C)sc1-c1cccc(F)c1. The normalized spacial score (nSPS) is 10.6. The van der Waals surface area contributed by atoms with Crippen molar-refractivity contribution in [2.75, 3.05) is 0 Å². The van der Waals surface area contributed by atoms with Crippen LogP contribution in [0.5, 0.6) is 0 Å². The van der Waals surface area contributed by atoms with Crippen LogP contribution in [-0.4, -0.2) is 4.98 Å². The Hall–Kier alpha value is -1.22. The summed E-state index contributed by atoms with van der Waals surface area (Å²) in [4.78, 5) is 5.52. The molecule has 78 valence electrons. The van der Waals surface area contributed by atoms with Gasteiger partial charge in [0.1, 0.15) is 5.82 Å². The van der Waals surface area contributed by atoms with Crippen LogP contribution in [0.4, 0.5) is 4.39 Å². The summed E-state index contributed by atoms with van der Waals surface area (Å²) in [5, 5.41) is 1.03. The minimum atomic E-state index is -0.194. The van der Waals surface area contributed by atoms with E-state index in [1.165, 1.54) is 6.07 Å². The first-order chi connectivity index (χ1) is 7.20. The van der Waals surface area contributed by atoms with E-state index in [-0.39, 0.29) is 5.82 Å². The summed E-state index contributed by atoms with van der Waals surface area (Å²) in [6.07, 6.45) is 0.885. The van der Waals surface area contributed by atoms with Gasteiger partial charge in [-0.05, 0) is 31.0 Å². The summed E-state index contributed by atoms with van der Waals surface area (Å²) < 4.78 is 13.1. The zero-order chi connectivity index (χ0) is 10.8. The van der Waals surface area contributed by atoms with Crippen LogP contribution in [0.2, 0.25) is 0 Å². The molecule has 0 saturated carbocycles. The van der Waals surface area contributed by atoms with Crippen LogP contribution in [-0.2, 0) is 6.42 Å². The van der Waals surface area contributed by atoms with Gasteiger partial charge in [-0.25, -0.2) is 9.37 Å². The molecule has 1 aromatic carbocycles. The minimum absolute atomic E-state index is 0.194. The Morgan fingerprint density at radius 2 is 2.20 bits per heavy atom. The van der Waals surface area contributed by atoms with Crippen LogP contribution in [0.25, 0.3) is 10.4 Å². The van der Waals surface area contributed by atoms with Crippen molar-refractivity contribution in [3.63, 3.8) is 0 Å². The Morgan fingerprint density at radius 1 is 1.40 bits per heavy atom. The van der Waals surface area contributed by atoms with Gasteiger partial charge in [0, 0.05) is 0 Å². The molecule has 0 amide bonds. The molecule has 1 heterocycles. The van der Waals surface area contributed by atoms with Crippen LogP contribution < -0.4 is 0 Å². The van der Waals surface area contributed by atoms with Gasteiger partial charge in [-0.15, -0.1) is 11.3 Å². The maximum absolute atomic E-state index is 13.1. The fraction of sp³-hybridized carbons (Fsp3) is 0.250. The topological polar surface area (TPSA) is 12.9 Å². The molecule has 0 radical (unpaired) electrons. The Kier molecular flexibility index (Phi) is 2.82. The molecule has 3 heteroatoms. The highest BCUT2D eigenvalue weighted by atomic mass is 32.1. The Labute approximate surface area is 92.6 Å². The van der Waals surface area contributed by atoms with Gasteiger partial charge < -0.3 is 0 Å². The molecule has 0 aliphatic carbocycles. The summed E-state index contributed by atoms with van der Waals surface area (Å²) in [6, 6.07) is 6.68. The maximum Gasteiger partial charge on any atom is 0.123 e. The third-order valence-corrected chi connectivity index (χ3v) is 3.29. The molecule has 0 aliphatic heterocycles. The molecule has 0 unspecified atom stereocenters. The first-order valence-electron chi connectivity index (χ1n) is 4.93. The monoisotopic (exact) mass is 221 g/mol. The van der Waals surface area contributed by atoms with E-state index in [4.69, 9.17) is 0 Å². The van der Waals surface area contributed by atoms with Gasteiger partial charge in [-0.1, -0.05) is 19.1 Å². The Balaban J connectivity index is 2.53. The number of benzene rings is 1. The first-order valence-corrected chi connectivity index (χ1v) is 5.74. The van der Waals surface area contributed by atoms with Crippen molar-refractivity contribution < 1.29 is 4.39 Å². The van der Waals surface area contributed by atoms with Crippen molar-refractivity contribution in [3.05, 3.63) is 40.8 Å². The number of rotatable bonds is 2. The molecule has 0 N–H and O–H groups in total. The highest BCUT2D eigenvalue weighted by Crippen LogP contribution is 2.30. The molecular formula is C12H12FNS. The highest BCUT2D eigenvalue weighted by molar-refractivity contribution is 7.15. The number of hydrogen-bond donors (Lipinski definition) is 0. The average Bonchev–Trinajstić information content (AvgIpc) is 2.59. The molecule has 2 aromatic rings. The van der Waals surface area contributed by atoms with E-state index in [1.807, 2.05) is 13.0 Å². The summed E-state index contributed by atoms with van der Waals surface area (Å²) in [7, 11) is 0. The van der Waals surface area contributed by atoms with Gasteiger partial charge in [0.2, 0.25) is 0 Å². The second-order valence-electron chi connectivity index (χ2n) is 3.37. The lowest BCUT2D eigenvalue weighted by Gasteiger charge is -1.99. The van der Waals surface area contributed by atoms with E-state index in [1.54, 1.807) is 23.5 Å². The molecule has 2 rings (SSSR count). The highest BCUT2D eigenvalue weighted by Gasteiger charge is 2.09.